The van der Waals surface area contributed by atoms with E-state index < -0.39 is 7.92 Å². The van der Waals surface area contributed by atoms with Gasteiger partial charge < -0.3 is 5.11 Å². The SMILES string of the molecule is CCCCCCC(=O)P1CCC[C@H]1CO. The van der Waals surface area contributed by atoms with Gasteiger partial charge in [0.15, 0.2) is 5.52 Å². The zero-order valence-corrected chi connectivity index (χ0v) is 10.6. The Bertz CT molecular complexity index is 194. The number of hydrogen-bond acceptors (Lipinski definition) is 2. The lowest BCUT2D eigenvalue weighted by molar-refractivity contribution is -0.111. The van der Waals surface area contributed by atoms with Gasteiger partial charge in [0.05, 0.1) is 6.61 Å². The maximum Gasteiger partial charge on any atom is 0.154 e. The van der Waals surface area contributed by atoms with Crippen molar-refractivity contribution in [2.75, 3.05) is 12.8 Å². The van der Waals surface area contributed by atoms with Crippen LogP contribution in [-0.4, -0.2) is 29.1 Å². The summed E-state index contributed by atoms with van der Waals surface area (Å²) in [6.45, 7) is 2.41. The summed E-state index contributed by atoms with van der Waals surface area (Å²) in [5.74, 6) is 0. The molecular weight excluding hydrogens is 207 g/mol. The standard InChI is InChI=1S/C12H23O2P/c1-2-3-4-5-8-12(14)15-9-6-7-11(15)10-13/h11,13H,2-10H2,1H3/t11-,15?/m0/s1. The van der Waals surface area contributed by atoms with E-state index in [0.29, 0.717) is 11.2 Å². The largest absolute Gasteiger partial charge is 0.396 e. The van der Waals surface area contributed by atoms with Crippen LogP contribution < -0.4 is 0 Å². The minimum Gasteiger partial charge on any atom is -0.396 e. The summed E-state index contributed by atoms with van der Waals surface area (Å²) in [6, 6.07) is 0. The van der Waals surface area contributed by atoms with E-state index in [1.54, 1.807) is 0 Å². The normalized spacial score (nSPS) is 25.7. The molecule has 0 aromatic heterocycles. The van der Waals surface area contributed by atoms with E-state index in [-0.39, 0.29) is 6.61 Å². The van der Waals surface area contributed by atoms with Crippen LogP contribution in [-0.2, 0) is 4.79 Å². The maximum atomic E-state index is 11.9. The van der Waals surface area contributed by atoms with Crippen molar-refractivity contribution in [1.82, 2.24) is 0 Å². The summed E-state index contributed by atoms with van der Waals surface area (Å²) in [4.78, 5) is 11.9. The summed E-state index contributed by atoms with van der Waals surface area (Å²) in [6.07, 6.45) is 8.78. The van der Waals surface area contributed by atoms with Crippen molar-refractivity contribution in [3.05, 3.63) is 0 Å². The van der Waals surface area contributed by atoms with Crippen LogP contribution in [0.2, 0.25) is 0 Å². The topological polar surface area (TPSA) is 37.3 Å². The smallest absolute Gasteiger partial charge is 0.154 e. The van der Waals surface area contributed by atoms with Gasteiger partial charge in [0, 0.05) is 12.1 Å². The van der Waals surface area contributed by atoms with Gasteiger partial charge in [-0.2, -0.15) is 0 Å². The molecule has 0 aliphatic carbocycles. The van der Waals surface area contributed by atoms with E-state index in [9.17, 15) is 4.79 Å². The number of aliphatic hydroxyl groups is 1. The lowest BCUT2D eigenvalue weighted by atomic mass is 10.2. The van der Waals surface area contributed by atoms with Gasteiger partial charge >= 0.3 is 0 Å². The number of carbonyl (C=O) groups is 1. The molecule has 0 amide bonds. The molecule has 15 heavy (non-hydrogen) atoms. The van der Waals surface area contributed by atoms with E-state index in [1.807, 2.05) is 0 Å². The summed E-state index contributed by atoms with van der Waals surface area (Å²) in [5, 5.41) is 9.16. The number of rotatable bonds is 7. The molecule has 1 fully saturated rings. The Hall–Kier alpha value is 0.0600. The fraction of sp³-hybridized carbons (Fsp3) is 0.917. The van der Waals surface area contributed by atoms with Crippen molar-refractivity contribution < 1.29 is 9.90 Å². The van der Waals surface area contributed by atoms with Crippen LogP contribution in [0.5, 0.6) is 0 Å². The molecule has 1 unspecified atom stereocenters. The monoisotopic (exact) mass is 230 g/mol. The molecule has 88 valence electrons. The third kappa shape index (κ3) is 4.20. The van der Waals surface area contributed by atoms with Gasteiger partial charge in [0.1, 0.15) is 0 Å². The van der Waals surface area contributed by atoms with Crippen LogP contribution in [0.4, 0.5) is 0 Å². The fourth-order valence-electron chi connectivity index (χ4n) is 2.20. The molecule has 0 radical (unpaired) electrons. The van der Waals surface area contributed by atoms with Gasteiger partial charge in [-0.05, 0) is 33.3 Å². The summed E-state index contributed by atoms with van der Waals surface area (Å²) < 4.78 is 0. The fourth-order valence-corrected chi connectivity index (χ4v) is 4.88. The van der Waals surface area contributed by atoms with Crippen molar-refractivity contribution in [2.45, 2.75) is 57.5 Å². The van der Waals surface area contributed by atoms with E-state index in [1.165, 1.54) is 19.3 Å². The summed E-state index contributed by atoms with van der Waals surface area (Å²) >= 11 is 0. The van der Waals surface area contributed by atoms with Crippen LogP contribution in [0.1, 0.15) is 51.9 Å². The molecule has 2 atom stereocenters. The summed E-state index contributed by atoms with van der Waals surface area (Å²) in [7, 11) is -0.480. The number of aliphatic hydroxyl groups excluding tert-OH is 1. The first-order valence-electron chi connectivity index (χ1n) is 6.20. The molecule has 0 bridgehead atoms. The highest BCUT2D eigenvalue weighted by Crippen LogP contribution is 2.51. The number of unbranched alkanes of at least 4 members (excludes halogenated alkanes) is 3. The van der Waals surface area contributed by atoms with Crippen molar-refractivity contribution in [3.63, 3.8) is 0 Å². The van der Waals surface area contributed by atoms with Gasteiger partial charge in [-0.25, -0.2) is 0 Å². The van der Waals surface area contributed by atoms with Crippen LogP contribution in [0.15, 0.2) is 0 Å². The first-order chi connectivity index (χ1) is 7.29. The lowest BCUT2D eigenvalue weighted by Crippen LogP contribution is -2.10. The molecule has 0 aromatic carbocycles. The van der Waals surface area contributed by atoms with E-state index in [0.717, 1.165) is 31.8 Å². The van der Waals surface area contributed by atoms with E-state index in [4.69, 9.17) is 5.11 Å². The second-order valence-electron chi connectivity index (χ2n) is 4.38. The highest BCUT2D eigenvalue weighted by molar-refractivity contribution is 7.75. The van der Waals surface area contributed by atoms with Crippen LogP contribution in [0.25, 0.3) is 0 Å². The lowest BCUT2D eigenvalue weighted by Gasteiger charge is -2.16. The third-order valence-electron chi connectivity index (χ3n) is 3.15. The number of carbonyl (C=O) groups excluding carboxylic acids is 1. The van der Waals surface area contributed by atoms with E-state index >= 15 is 0 Å². The van der Waals surface area contributed by atoms with Crippen LogP contribution in [0.3, 0.4) is 0 Å². The second kappa shape index (κ2) is 7.35. The van der Waals surface area contributed by atoms with Crippen molar-refractivity contribution >= 4 is 13.4 Å². The Morgan fingerprint density at radius 3 is 2.87 bits per heavy atom. The van der Waals surface area contributed by atoms with Gasteiger partial charge in [-0.1, -0.05) is 26.2 Å². The Morgan fingerprint density at radius 1 is 1.40 bits per heavy atom. The van der Waals surface area contributed by atoms with Crippen LogP contribution in [0, 0.1) is 0 Å². The predicted molar refractivity (Wildman–Crippen MR) is 65.7 cm³/mol. The Balaban J connectivity index is 2.21. The van der Waals surface area contributed by atoms with Gasteiger partial charge in [0.25, 0.3) is 0 Å². The molecule has 1 N–H and O–H groups in total. The first-order valence-corrected chi connectivity index (χ1v) is 7.79. The number of hydrogen-bond donors (Lipinski definition) is 1. The second-order valence-corrected chi connectivity index (χ2v) is 6.99. The molecule has 1 saturated heterocycles. The highest BCUT2D eigenvalue weighted by Gasteiger charge is 2.30. The minimum atomic E-state index is -0.480. The van der Waals surface area contributed by atoms with E-state index in [2.05, 4.69) is 6.92 Å². The van der Waals surface area contributed by atoms with Gasteiger partial charge in [-0.3, -0.25) is 4.79 Å². The van der Waals surface area contributed by atoms with Gasteiger partial charge in [0.2, 0.25) is 0 Å². The molecule has 3 heteroatoms. The Kier molecular flexibility index (Phi) is 6.43. The predicted octanol–water partition coefficient (Wildman–Crippen LogP) is 3.12. The molecule has 1 aliphatic rings. The molecule has 0 spiro atoms. The van der Waals surface area contributed by atoms with Crippen molar-refractivity contribution in [2.24, 2.45) is 0 Å². The van der Waals surface area contributed by atoms with Gasteiger partial charge in [-0.15, -0.1) is 0 Å². The maximum absolute atomic E-state index is 11.9. The molecule has 0 saturated carbocycles. The zero-order chi connectivity index (χ0) is 11.1. The Morgan fingerprint density at radius 2 is 2.20 bits per heavy atom. The molecular formula is C12H23O2P. The third-order valence-corrected chi connectivity index (χ3v) is 6.12. The molecule has 2 nitrogen and oxygen atoms in total. The minimum absolute atomic E-state index is 0.229. The average molecular weight is 230 g/mol. The molecule has 1 rings (SSSR count). The Labute approximate surface area is 94.2 Å². The molecule has 1 aliphatic heterocycles. The quantitative estimate of drug-likeness (QED) is 0.539. The van der Waals surface area contributed by atoms with Crippen molar-refractivity contribution in [1.29, 1.82) is 0 Å². The molecule has 1 heterocycles. The first kappa shape index (κ1) is 13.1. The van der Waals surface area contributed by atoms with Crippen LogP contribution >= 0.6 is 7.92 Å². The molecule has 0 aromatic rings. The zero-order valence-electron chi connectivity index (χ0n) is 9.74. The average Bonchev–Trinajstić information content (AvgIpc) is 2.72. The summed E-state index contributed by atoms with van der Waals surface area (Å²) in [5.41, 5.74) is 0.802. The highest BCUT2D eigenvalue weighted by atomic mass is 31.1. The van der Waals surface area contributed by atoms with Crippen molar-refractivity contribution in [3.8, 4) is 0 Å².